The number of hydrogen-bond acceptors (Lipinski definition) is 16. The number of hydrogen-bond donors (Lipinski definition) is 1. The van der Waals surface area contributed by atoms with E-state index in [1.807, 2.05) is 70.6 Å². The zero-order valence-corrected chi connectivity index (χ0v) is 30.3. The minimum Gasteiger partial charge on any atom is -0.396 e. The van der Waals surface area contributed by atoms with Crippen LogP contribution in [0.3, 0.4) is 0 Å². The lowest BCUT2D eigenvalue weighted by Gasteiger charge is -2.05. The monoisotopic (exact) mass is 730 g/mol. The van der Waals surface area contributed by atoms with Crippen molar-refractivity contribution < 1.29 is 23.9 Å². The summed E-state index contributed by atoms with van der Waals surface area (Å²) in [5.74, 6) is 3.61. The molecule has 0 aliphatic rings. The van der Waals surface area contributed by atoms with E-state index in [4.69, 9.17) is 14.9 Å². The number of thioether (sulfide) groups is 11. The summed E-state index contributed by atoms with van der Waals surface area (Å²) in [6.45, 7) is 2.89. The lowest BCUT2D eigenvalue weighted by atomic mass is 10.6. The van der Waals surface area contributed by atoms with Gasteiger partial charge in [0.05, 0.1) is 24.1 Å². The van der Waals surface area contributed by atoms with Gasteiger partial charge in [-0.1, -0.05) is 18.7 Å². The highest BCUT2D eigenvalue weighted by Gasteiger charge is 2.04. The maximum atomic E-state index is 12.0. The van der Waals surface area contributed by atoms with Crippen LogP contribution in [-0.2, 0) is 25.4 Å². The Kier molecular flexibility index (Phi) is 38.2. The summed E-state index contributed by atoms with van der Waals surface area (Å²) in [5, 5.41) is 17.6. The molecular weight excluding hydrogens is 693 g/mol. The Labute approximate surface area is 267 Å². The minimum absolute atomic E-state index is 0.222. The van der Waals surface area contributed by atoms with Gasteiger partial charge in [-0.05, 0) is 6.42 Å². The topological polar surface area (TPSA) is 72.8 Å². The van der Waals surface area contributed by atoms with Gasteiger partial charge < -0.3 is 5.11 Å². The smallest absolute Gasteiger partial charge is 0.199 e. The molecule has 0 aliphatic heterocycles. The minimum atomic E-state index is -0.659. The second kappa shape index (κ2) is 34.7. The van der Waals surface area contributed by atoms with Gasteiger partial charge >= 0.3 is 0 Å². The molecule has 0 saturated heterocycles. The largest absolute Gasteiger partial charge is 0.396 e. The molecule has 0 aliphatic carbocycles. The molecule has 1 N–H and O–H groups in total. The highest BCUT2D eigenvalue weighted by atomic mass is 32.3. The number of carbonyl (C=O) groups is 1. The van der Waals surface area contributed by atoms with Crippen molar-refractivity contribution in [2.24, 2.45) is 0 Å². The lowest BCUT2D eigenvalue weighted by Crippen LogP contribution is -1.99. The average molecular weight is 731 g/mol. The number of rotatable bonds is 30. The van der Waals surface area contributed by atoms with Crippen molar-refractivity contribution in [3.63, 3.8) is 0 Å². The summed E-state index contributed by atoms with van der Waals surface area (Å²) in [6, 6.07) is 0. The van der Waals surface area contributed by atoms with Crippen LogP contribution in [0, 0.1) is 0 Å². The summed E-state index contributed by atoms with van der Waals surface area (Å²) >= 11 is 19.4. The van der Waals surface area contributed by atoms with Gasteiger partial charge in [0.15, 0.2) is 5.12 Å². The summed E-state index contributed by atoms with van der Waals surface area (Å²) in [6.07, 6.45) is 0.993. The molecule has 0 aromatic rings. The predicted molar refractivity (Wildman–Crippen MR) is 189 cm³/mol. The molecule has 216 valence electrons. The van der Waals surface area contributed by atoms with Crippen molar-refractivity contribution >= 4 is 145 Å². The van der Waals surface area contributed by atoms with Gasteiger partial charge in [-0.3, -0.25) is 9.00 Å². The third-order valence-corrected chi connectivity index (χ3v) is 18.5. The van der Waals surface area contributed by atoms with Crippen molar-refractivity contribution in [1.29, 1.82) is 0 Å². The fourth-order valence-electron chi connectivity index (χ4n) is 1.71. The van der Waals surface area contributed by atoms with Crippen molar-refractivity contribution in [2.45, 2.75) is 13.3 Å². The maximum Gasteiger partial charge on any atom is 0.199 e. The van der Waals surface area contributed by atoms with Crippen molar-refractivity contribution in [1.82, 2.24) is 0 Å². The quantitative estimate of drug-likeness (QED) is 0.0349. The third-order valence-electron chi connectivity index (χ3n) is 3.10. The molecule has 0 heterocycles. The molecule has 0 radical (unpaired) electrons. The molecule has 0 spiro atoms. The van der Waals surface area contributed by atoms with E-state index in [1.165, 1.54) is 11.8 Å². The molecule has 0 amide bonds. The van der Waals surface area contributed by atoms with E-state index in [0.717, 1.165) is 69.4 Å². The molecule has 0 bridgehead atoms. The van der Waals surface area contributed by atoms with Gasteiger partial charge in [-0.2, -0.15) is 0 Å². The molecule has 0 aromatic carbocycles. The first-order valence-electron chi connectivity index (χ1n) is 10.8. The van der Waals surface area contributed by atoms with Crippen LogP contribution in [0.1, 0.15) is 13.3 Å². The molecule has 0 saturated carbocycles. The first-order valence-corrected chi connectivity index (χ1v) is 24.9. The van der Waals surface area contributed by atoms with E-state index in [2.05, 4.69) is 6.92 Å². The summed E-state index contributed by atoms with van der Waals surface area (Å²) in [5.41, 5.74) is 0. The molecule has 36 heavy (non-hydrogen) atoms. The lowest BCUT2D eigenvalue weighted by molar-refractivity contribution is -0.274. The van der Waals surface area contributed by atoms with Crippen molar-refractivity contribution in [3.05, 3.63) is 0 Å². The molecule has 1 unspecified atom stereocenters. The van der Waals surface area contributed by atoms with E-state index in [-0.39, 0.29) is 11.7 Å². The molecule has 17 heteroatoms. The summed E-state index contributed by atoms with van der Waals surface area (Å²) in [4.78, 5) is 22.2. The Bertz CT molecular complexity index is 496. The molecule has 0 aromatic heterocycles. The Morgan fingerprint density at radius 2 is 1.31 bits per heavy atom. The van der Waals surface area contributed by atoms with Crippen LogP contribution < -0.4 is 0 Å². The fraction of sp³-hybridized carbons (Fsp3) is 0.947. The van der Waals surface area contributed by atoms with Crippen LogP contribution in [0.2, 0.25) is 0 Å². The fourth-order valence-corrected chi connectivity index (χ4v) is 15.6. The zero-order valence-electron chi connectivity index (χ0n) is 20.5. The van der Waals surface area contributed by atoms with E-state index in [1.54, 1.807) is 47.0 Å². The van der Waals surface area contributed by atoms with Gasteiger partial charge in [-0.25, -0.2) is 9.78 Å². The van der Waals surface area contributed by atoms with E-state index in [0.29, 0.717) is 18.3 Å². The van der Waals surface area contributed by atoms with E-state index < -0.39 is 10.8 Å². The number of carbonyl (C=O) groups excluding carboxylic acids is 1. The van der Waals surface area contributed by atoms with Crippen LogP contribution in [-0.4, -0.2) is 102 Å². The van der Waals surface area contributed by atoms with E-state index in [9.17, 15) is 9.00 Å². The Morgan fingerprint density at radius 1 is 0.722 bits per heavy atom. The maximum absolute atomic E-state index is 12.0. The second-order valence-electron chi connectivity index (χ2n) is 6.10. The predicted octanol–water partition coefficient (Wildman–Crippen LogP) is 7.25. The molecular formula is C19H38O5S12. The first kappa shape index (κ1) is 39.5. The van der Waals surface area contributed by atoms with Gasteiger partial charge in [0.1, 0.15) is 5.94 Å². The van der Waals surface area contributed by atoms with Crippen molar-refractivity contribution in [2.75, 3.05) is 87.9 Å². The van der Waals surface area contributed by atoms with Crippen LogP contribution in [0.5, 0.6) is 0 Å². The zero-order chi connectivity index (χ0) is 26.4. The Morgan fingerprint density at radius 3 is 2.00 bits per heavy atom. The third kappa shape index (κ3) is 33.8. The summed E-state index contributed by atoms with van der Waals surface area (Å²) < 4.78 is 11.5. The molecule has 0 rings (SSSR count). The van der Waals surface area contributed by atoms with Gasteiger partial charge in [-0.15, -0.1) is 118 Å². The van der Waals surface area contributed by atoms with Gasteiger partial charge in [0.25, 0.3) is 0 Å². The van der Waals surface area contributed by atoms with Crippen LogP contribution in [0.15, 0.2) is 0 Å². The molecule has 0 fully saturated rings. The highest BCUT2D eigenvalue weighted by Crippen LogP contribution is 2.25. The molecule has 5 nitrogen and oxygen atoms in total. The van der Waals surface area contributed by atoms with Gasteiger partial charge in [0, 0.05) is 68.7 Å². The van der Waals surface area contributed by atoms with Gasteiger partial charge in [0.2, 0.25) is 0 Å². The van der Waals surface area contributed by atoms with Crippen molar-refractivity contribution in [3.8, 4) is 0 Å². The van der Waals surface area contributed by atoms with Crippen LogP contribution in [0.25, 0.3) is 0 Å². The second-order valence-corrected chi connectivity index (χ2v) is 22.0. The first-order chi connectivity index (χ1) is 17.7. The summed E-state index contributed by atoms with van der Waals surface area (Å²) in [7, 11) is -0.659. The van der Waals surface area contributed by atoms with Crippen LogP contribution >= 0.6 is 129 Å². The number of aliphatic hydroxyl groups is 1. The highest BCUT2D eigenvalue weighted by molar-refractivity contribution is 8.31. The van der Waals surface area contributed by atoms with Crippen LogP contribution in [0.4, 0.5) is 0 Å². The average Bonchev–Trinajstić information content (AvgIpc) is 2.87. The Balaban J connectivity index is 3.17. The standard InChI is InChI=1S/C19H38O5S12/c1-2-7-36(22)18-34-16-32-14-31-15-33-17-35-19(21)8-27-12-30-13-29-11-26-6-4-23-24-9-28-10-25-5-3-20/h20H,2-18H2,1H3. The Hall–Kier alpha value is 3.55. The van der Waals surface area contributed by atoms with E-state index >= 15 is 0 Å². The SMILES string of the molecule is CCCS(=O)CSCSCSCSCSC(=O)CSCSCSCSCCOOCSCSCCO. The molecule has 1 atom stereocenters. The normalized spacial score (nSPS) is 12.3. The number of aliphatic hydroxyl groups excluding tert-OH is 1.